The van der Waals surface area contributed by atoms with Crippen molar-refractivity contribution in [2.75, 3.05) is 6.61 Å². The van der Waals surface area contributed by atoms with Gasteiger partial charge in [-0.3, -0.25) is 10.1 Å². The lowest BCUT2D eigenvalue weighted by atomic mass is 10.3. The molecule has 0 aliphatic heterocycles. The van der Waals surface area contributed by atoms with Gasteiger partial charge in [-0.1, -0.05) is 28.4 Å². The highest BCUT2D eigenvalue weighted by Gasteiger charge is 2.18. The van der Waals surface area contributed by atoms with Crippen LogP contribution >= 0.6 is 23.2 Å². The van der Waals surface area contributed by atoms with Crippen LogP contribution in [0.15, 0.2) is 17.3 Å². The van der Waals surface area contributed by atoms with Gasteiger partial charge in [0.05, 0.1) is 21.6 Å². The van der Waals surface area contributed by atoms with E-state index in [4.69, 9.17) is 38.9 Å². The molecule has 0 aliphatic rings. The fourth-order valence-electron chi connectivity index (χ4n) is 1.09. The van der Waals surface area contributed by atoms with Gasteiger partial charge in [-0.25, -0.2) is 0 Å². The highest BCUT2D eigenvalue weighted by Crippen LogP contribution is 2.35. The van der Waals surface area contributed by atoms with Crippen LogP contribution in [-0.4, -0.2) is 22.6 Å². The molecule has 9 heteroatoms. The Morgan fingerprint density at radius 3 is 2.67 bits per heavy atom. The van der Waals surface area contributed by atoms with E-state index < -0.39 is 4.92 Å². The average Bonchev–Trinajstić information content (AvgIpc) is 2.32. The van der Waals surface area contributed by atoms with Gasteiger partial charge in [-0.2, -0.15) is 0 Å². The van der Waals surface area contributed by atoms with Crippen LogP contribution in [0.2, 0.25) is 10.0 Å². The number of rotatable bonds is 5. The normalized spacial score (nSPS) is 11.3. The summed E-state index contributed by atoms with van der Waals surface area (Å²) in [4.78, 5) is 10.1. The molecule has 0 fully saturated rings. The highest BCUT2D eigenvalue weighted by molar-refractivity contribution is 6.42. The average molecular weight is 294 g/mol. The Hall–Kier alpha value is -1.73. The van der Waals surface area contributed by atoms with Crippen LogP contribution < -0.4 is 10.5 Å². The van der Waals surface area contributed by atoms with Crippen molar-refractivity contribution in [2.45, 2.75) is 6.42 Å². The lowest BCUT2D eigenvalue weighted by Gasteiger charge is -2.07. The molecule has 0 amide bonds. The number of nitro benzene ring substituents is 1. The summed E-state index contributed by atoms with van der Waals surface area (Å²) in [6, 6.07) is 2.34. The first-order valence-electron chi connectivity index (χ1n) is 4.68. The Labute approximate surface area is 112 Å². The van der Waals surface area contributed by atoms with Crippen molar-refractivity contribution in [3.8, 4) is 5.75 Å². The number of halogens is 2. The van der Waals surface area contributed by atoms with Gasteiger partial charge in [0.1, 0.15) is 5.84 Å². The third-order valence-electron chi connectivity index (χ3n) is 1.94. The number of ether oxygens (including phenoxy) is 1. The summed E-state index contributed by atoms with van der Waals surface area (Å²) >= 11 is 11.4. The minimum Gasteiger partial charge on any atom is -0.486 e. The molecule has 7 nitrogen and oxygen atoms in total. The topological polar surface area (TPSA) is 111 Å². The molecule has 1 aromatic carbocycles. The van der Waals surface area contributed by atoms with E-state index in [1.807, 2.05) is 0 Å². The molecule has 0 aliphatic carbocycles. The smallest absolute Gasteiger partial charge is 0.312 e. The molecule has 0 saturated carbocycles. The summed E-state index contributed by atoms with van der Waals surface area (Å²) < 4.78 is 5.15. The van der Waals surface area contributed by atoms with Crippen molar-refractivity contribution in [3.63, 3.8) is 0 Å². The molecule has 3 N–H and O–H groups in total. The van der Waals surface area contributed by atoms with Crippen LogP contribution in [0.5, 0.6) is 5.75 Å². The molecule has 0 saturated heterocycles. The van der Waals surface area contributed by atoms with E-state index in [0.29, 0.717) is 0 Å². The van der Waals surface area contributed by atoms with E-state index in [9.17, 15) is 10.1 Å². The molecule has 0 unspecified atom stereocenters. The number of nitro groups is 1. The van der Waals surface area contributed by atoms with Gasteiger partial charge < -0.3 is 15.7 Å². The van der Waals surface area contributed by atoms with Crippen LogP contribution in [0.1, 0.15) is 6.42 Å². The Bertz CT molecular complexity index is 493. The first-order valence-corrected chi connectivity index (χ1v) is 5.44. The van der Waals surface area contributed by atoms with Crippen molar-refractivity contribution in [1.29, 1.82) is 0 Å². The molecule has 98 valence electrons. The number of amidine groups is 1. The van der Waals surface area contributed by atoms with Crippen molar-refractivity contribution in [1.82, 2.24) is 0 Å². The largest absolute Gasteiger partial charge is 0.486 e. The number of benzene rings is 1. The van der Waals surface area contributed by atoms with E-state index in [1.165, 1.54) is 6.07 Å². The van der Waals surface area contributed by atoms with Crippen molar-refractivity contribution >= 4 is 34.7 Å². The van der Waals surface area contributed by atoms with Crippen LogP contribution in [-0.2, 0) is 0 Å². The van der Waals surface area contributed by atoms with Crippen LogP contribution in [0.3, 0.4) is 0 Å². The quantitative estimate of drug-likeness (QED) is 0.285. The first kappa shape index (κ1) is 14.3. The van der Waals surface area contributed by atoms with Gasteiger partial charge >= 0.3 is 5.69 Å². The minimum absolute atomic E-state index is 0.00863. The Kier molecular flexibility index (Phi) is 4.99. The predicted molar refractivity (Wildman–Crippen MR) is 66.6 cm³/mol. The molecule has 0 atom stereocenters. The molecule has 0 radical (unpaired) electrons. The minimum atomic E-state index is -0.638. The van der Waals surface area contributed by atoms with Crippen LogP contribution in [0, 0.1) is 10.1 Å². The number of nitrogens with two attached hydrogens (primary N) is 1. The summed E-state index contributed by atoms with van der Waals surface area (Å²) in [7, 11) is 0. The van der Waals surface area contributed by atoms with E-state index in [1.54, 1.807) is 0 Å². The number of oxime groups is 1. The van der Waals surface area contributed by atoms with Gasteiger partial charge in [-0.05, 0) is 0 Å². The van der Waals surface area contributed by atoms with E-state index in [-0.39, 0.29) is 40.3 Å². The van der Waals surface area contributed by atoms with Crippen LogP contribution in [0.25, 0.3) is 0 Å². The summed E-state index contributed by atoms with van der Waals surface area (Å²) in [5.74, 6) is -0.0714. The van der Waals surface area contributed by atoms with Gasteiger partial charge in [0, 0.05) is 18.6 Å². The van der Waals surface area contributed by atoms with Crippen molar-refractivity contribution < 1.29 is 14.9 Å². The SMILES string of the molecule is N/C(CCOc1cc(Cl)c(Cl)cc1[N+](=O)[O-])=N/O. The van der Waals surface area contributed by atoms with Crippen molar-refractivity contribution in [2.24, 2.45) is 10.9 Å². The summed E-state index contributed by atoms with van der Waals surface area (Å²) in [6.07, 6.45) is 0.119. The molecule has 0 aromatic heterocycles. The van der Waals surface area contributed by atoms with E-state index in [2.05, 4.69) is 5.16 Å². The molecule has 0 bridgehead atoms. The summed E-state index contributed by atoms with van der Waals surface area (Å²) in [6.45, 7) is 0.00863. The summed E-state index contributed by atoms with van der Waals surface area (Å²) in [5, 5.41) is 22.0. The molecular formula is C9H9Cl2N3O4. The van der Waals surface area contributed by atoms with E-state index in [0.717, 1.165) is 6.07 Å². The van der Waals surface area contributed by atoms with Crippen LogP contribution in [0.4, 0.5) is 5.69 Å². The lowest BCUT2D eigenvalue weighted by molar-refractivity contribution is -0.385. The maximum absolute atomic E-state index is 10.8. The predicted octanol–water partition coefficient (Wildman–Crippen LogP) is 2.42. The first-order chi connectivity index (χ1) is 8.45. The zero-order valence-electron chi connectivity index (χ0n) is 8.97. The van der Waals surface area contributed by atoms with E-state index >= 15 is 0 Å². The molecule has 18 heavy (non-hydrogen) atoms. The Morgan fingerprint density at radius 2 is 2.11 bits per heavy atom. The third-order valence-corrected chi connectivity index (χ3v) is 2.66. The zero-order valence-corrected chi connectivity index (χ0v) is 10.5. The molecule has 1 rings (SSSR count). The second-order valence-corrected chi connectivity index (χ2v) is 4.00. The number of hydrogen-bond donors (Lipinski definition) is 2. The fraction of sp³-hybridized carbons (Fsp3) is 0.222. The molecule has 0 spiro atoms. The molecule has 1 aromatic rings. The lowest BCUT2D eigenvalue weighted by Crippen LogP contribution is -2.15. The second kappa shape index (κ2) is 6.27. The van der Waals surface area contributed by atoms with Crippen molar-refractivity contribution in [3.05, 3.63) is 32.3 Å². The fourth-order valence-corrected chi connectivity index (χ4v) is 1.40. The Morgan fingerprint density at radius 1 is 1.50 bits per heavy atom. The summed E-state index contributed by atoms with van der Waals surface area (Å²) in [5.41, 5.74) is 4.93. The number of nitrogens with zero attached hydrogens (tertiary/aromatic N) is 2. The number of hydrogen-bond acceptors (Lipinski definition) is 5. The molecule has 0 heterocycles. The standard InChI is InChI=1S/C9H9Cl2N3O4/c10-5-3-7(14(16)17)8(4-6(5)11)18-2-1-9(12)13-15/h3-4,15H,1-2H2,(H2,12,13). The maximum Gasteiger partial charge on any atom is 0.312 e. The molecular weight excluding hydrogens is 285 g/mol. The monoisotopic (exact) mass is 293 g/mol. The highest BCUT2D eigenvalue weighted by atomic mass is 35.5. The van der Waals surface area contributed by atoms with Gasteiger partial charge in [0.25, 0.3) is 0 Å². The van der Waals surface area contributed by atoms with Gasteiger partial charge in [0.2, 0.25) is 0 Å². The Balaban J connectivity index is 2.87. The third kappa shape index (κ3) is 3.64. The zero-order chi connectivity index (χ0) is 13.7. The van der Waals surface area contributed by atoms with Gasteiger partial charge in [-0.15, -0.1) is 0 Å². The maximum atomic E-state index is 10.8. The second-order valence-electron chi connectivity index (χ2n) is 3.18. The van der Waals surface area contributed by atoms with Gasteiger partial charge in [0.15, 0.2) is 5.75 Å².